The molecule has 0 unspecified atom stereocenters. The van der Waals surface area contributed by atoms with E-state index < -0.39 is 0 Å². The zero-order chi connectivity index (χ0) is 11.9. The highest BCUT2D eigenvalue weighted by atomic mass is 16.5. The van der Waals surface area contributed by atoms with Crippen molar-refractivity contribution in [2.45, 2.75) is 13.0 Å². The second-order valence-corrected chi connectivity index (χ2v) is 3.69. The van der Waals surface area contributed by atoms with Crippen LogP contribution < -0.4 is 4.74 Å². The minimum Gasteiger partial charge on any atom is -0.494 e. The summed E-state index contributed by atoms with van der Waals surface area (Å²) in [6, 6.07) is 7.11. The van der Waals surface area contributed by atoms with Crippen molar-refractivity contribution in [1.82, 2.24) is 9.55 Å². The summed E-state index contributed by atoms with van der Waals surface area (Å²) in [6.07, 6.45) is 7.23. The molecule has 0 atom stereocenters. The fourth-order valence-electron chi connectivity index (χ4n) is 1.50. The zero-order valence-corrected chi connectivity index (χ0v) is 9.45. The minimum atomic E-state index is 0.651. The predicted molar refractivity (Wildman–Crippen MR) is 64.2 cm³/mol. The van der Waals surface area contributed by atoms with Crippen molar-refractivity contribution in [2.24, 2.45) is 0 Å². The molecule has 2 aromatic rings. The summed E-state index contributed by atoms with van der Waals surface area (Å²) in [6.45, 7) is 1.55. The maximum atomic E-state index is 10.5. The molecule has 4 heteroatoms. The summed E-state index contributed by atoms with van der Waals surface area (Å²) >= 11 is 0. The molecule has 0 fully saturated rings. The highest BCUT2D eigenvalue weighted by Crippen LogP contribution is 2.11. The van der Waals surface area contributed by atoms with Crippen LogP contribution in [0.15, 0.2) is 43.0 Å². The molecule has 0 spiro atoms. The number of hydrogen-bond donors (Lipinski definition) is 0. The Morgan fingerprint density at radius 3 is 2.76 bits per heavy atom. The molecule has 88 valence electrons. The number of aryl methyl sites for hydroxylation is 1. The molecule has 0 radical (unpaired) electrons. The van der Waals surface area contributed by atoms with E-state index in [0.29, 0.717) is 12.2 Å². The molecule has 4 nitrogen and oxygen atoms in total. The van der Waals surface area contributed by atoms with Crippen LogP contribution in [0, 0.1) is 0 Å². The van der Waals surface area contributed by atoms with Gasteiger partial charge in [-0.05, 0) is 30.7 Å². The van der Waals surface area contributed by atoms with Crippen molar-refractivity contribution in [3.8, 4) is 5.75 Å². The van der Waals surface area contributed by atoms with Gasteiger partial charge in [-0.15, -0.1) is 0 Å². The zero-order valence-electron chi connectivity index (χ0n) is 9.45. The van der Waals surface area contributed by atoms with E-state index in [1.807, 2.05) is 10.8 Å². The Hall–Kier alpha value is -2.10. The number of nitrogens with zero attached hydrogens (tertiary/aromatic N) is 2. The molecule has 2 rings (SSSR count). The minimum absolute atomic E-state index is 0.651. The van der Waals surface area contributed by atoms with E-state index in [2.05, 4.69) is 4.98 Å². The van der Waals surface area contributed by atoms with Gasteiger partial charge >= 0.3 is 0 Å². The summed E-state index contributed by atoms with van der Waals surface area (Å²) in [4.78, 5) is 14.4. The molecular formula is C13H14N2O2. The SMILES string of the molecule is O=Cc1ccc(OCCCn2ccnc2)cc1. The second kappa shape index (κ2) is 5.84. The van der Waals surface area contributed by atoms with E-state index in [9.17, 15) is 4.79 Å². The fraction of sp³-hybridized carbons (Fsp3) is 0.231. The van der Waals surface area contributed by atoms with Gasteiger partial charge in [-0.25, -0.2) is 4.98 Å². The first-order valence-electron chi connectivity index (χ1n) is 5.52. The molecule has 0 aliphatic rings. The lowest BCUT2D eigenvalue weighted by molar-refractivity contribution is 0.112. The van der Waals surface area contributed by atoms with E-state index in [0.717, 1.165) is 25.0 Å². The Morgan fingerprint density at radius 1 is 1.29 bits per heavy atom. The van der Waals surface area contributed by atoms with Gasteiger partial charge in [0.2, 0.25) is 0 Å². The molecule has 0 N–H and O–H groups in total. The molecule has 1 heterocycles. The van der Waals surface area contributed by atoms with Crippen molar-refractivity contribution in [3.63, 3.8) is 0 Å². The maximum absolute atomic E-state index is 10.5. The Bertz CT molecular complexity index is 449. The predicted octanol–water partition coefficient (Wildman–Crippen LogP) is 2.16. The Labute approximate surface area is 99.9 Å². The molecule has 0 amide bonds. The molecule has 0 aliphatic heterocycles. The van der Waals surface area contributed by atoms with Crippen LogP contribution in [0.4, 0.5) is 0 Å². The van der Waals surface area contributed by atoms with E-state index >= 15 is 0 Å². The summed E-state index contributed by atoms with van der Waals surface area (Å²) in [5.41, 5.74) is 0.663. The third-order valence-electron chi connectivity index (χ3n) is 2.40. The van der Waals surface area contributed by atoms with Crippen molar-refractivity contribution in [2.75, 3.05) is 6.61 Å². The molecule has 0 saturated carbocycles. The first kappa shape index (κ1) is 11.4. The summed E-state index contributed by atoms with van der Waals surface area (Å²) in [7, 11) is 0. The van der Waals surface area contributed by atoms with Crippen LogP contribution in [0.25, 0.3) is 0 Å². The Morgan fingerprint density at radius 2 is 2.12 bits per heavy atom. The lowest BCUT2D eigenvalue weighted by Gasteiger charge is -2.06. The Balaban J connectivity index is 1.72. The lowest BCUT2D eigenvalue weighted by atomic mass is 10.2. The molecule has 0 aliphatic carbocycles. The van der Waals surface area contributed by atoms with Crippen LogP contribution >= 0.6 is 0 Å². The number of rotatable bonds is 6. The van der Waals surface area contributed by atoms with E-state index in [1.54, 1.807) is 36.8 Å². The van der Waals surface area contributed by atoms with Gasteiger partial charge in [0.15, 0.2) is 0 Å². The molecule has 1 aromatic heterocycles. The summed E-state index contributed by atoms with van der Waals surface area (Å²) in [5.74, 6) is 0.793. The normalized spacial score (nSPS) is 10.1. The van der Waals surface area contributed by atoms with Gasteiger partial charge < -0.3 is 9.30 Å². The molecule has 0 saturated heterocycles. The van der Waals surface area contributed by atoms with Crippen molar-refractivity contribution >= 4 is 6.29 Å². The fourth-order valence-corrected chi connectivity index (χ4v) is 1.50. The molecular weight excluding hydrogens is 216 g/mol. The van der Waals surface area contributed by atoms with Crippen molar-refractivity contribution in [3.05, 3.63) is 48.5 Å². The smallest absolute Gasteiger partial charge is 0.150 e. The van der Waals surface area contributed by atoms with Gasteiger partial charge in [0, 0.05) is 24.5 Å². The number of carbonyl (C=O) groups is 1. The largest absolute Gasteiger partial charge is 0.494 e. The van der Waals surface area contributed by atoms with Gasteiger partial charge in [-0.1, -0.05) is 0 Å². The van der Waals surface area contributed by atoms with Gasteiger partial charge in [0.05, 0.1) is 12.9 Å². The molecule has 17 heavy (non-hydrogen) atoms. The van der Waals surface area contributed by atoms with Crippen molar-refractivity contribution in [1.29, 1.82) is 0 Å². The van der Waals surface area contributed by atoms with Crippen LogP contribution in [0.2, 0.25) is 0 Å². The third kappa shape index (κ3) is 3.45. The van der Waals surface area contributed by atoms with E-state index in [1.165, 1.54) is 0 Å². The highest BCUT2D eigenvalue weighted by molar-refractivity contribution is 5.74. The van der Waals surface area contributed by atoms with Crippen molar-refractivity contribution < 1.29 is 9.53 Å². The summed E-state index contributed by atoms with van der Waals surface area (Å²) in [5, 5.41) is 0. The molecule has 1 aromatic carbocycles. The van der Waals surface area contributed by atoms with Gasteiger partial charge in [-0.3, -0.25) is 4.79 Å². The Kier molecular flexibility index (Phi) is 3.91. The number of aromatic nitrogens is 2. The number of carbonyl (C=O) groups excluding carboxylic acids is 1. The average Bonchev–Trinajstić information content (AvgIpc) is 2.88. The van der Waals surface area contributed by atoms with Crippen LogP contribution in [-0.2, 0) is 6.54 Å². The van der Waals surface area contributed by atoms with Crippen LogP contribution in [-0.4, -0.2) is 22.4 Å². The number of imidazole rings is 1. The number of hydrogen-bond acceptors (Lipinski definition) is 3. The maximum Gasteiger partial charge on any atom is 0.150 e. The van der Waals surface area contributed by atoms with Crippen LogP contribution in [0.3, 0.4) is 0 Å². The quantitative estimate of drug-likeness (QED) is 0.564. The number of ether oxygens (including phenoxy) is 1. The first-order valence-corrected chi connectivity index (χ1v) is 5.52. The first-order chi connectivity index (χ1) is 8.38. The second-order valence-electron chi connectivity index (χ2n) is 3.69. The monoisotopic (exact) mass is 230 g/mol. The third-order valence-corrected chi connectivity index (χ3v) is 2.40. The van der Waals surface area contributed by atoms with Crippen LogP contribution in [0.1, 0.15) is 16.8 Å². The molecule has 0 bridgehead atoms. The van der Waals surface area contributed by atoms with E-state index in [-0.39, 0.29) is 0 Å². The highest BCUT2D eigenvalue weighted by Gasteiger charge is 1.95. The van der Waals surface area contributed by atoms with Gasteiger partial charge in [-0.2, -0.15) is 0 Å². The van der Waals surface area contributed by atoms with Gasteiger partial charge in [0.25, 0.3) is 0 Å². The standard InChI is InChI=1S/C13H14N2O2/c16-10-12-2-4-13(5-3-12)17-9-1-7-15-8-6-14-11-15/h2-6,8,10-11H,1,7,9H2. The topological polar surface area (TPSA) is 44.1 Å². The summed E-state index contributed by atoms with van der Waals surface area (Å²) < 4.78 is 7.57. The van der Waals surface area contributed by atoms with Crippen LogP contribution in [0.5, 0.6) is 5.75 Å². The number of aldehydes is 1. The average molecular weight is 230 g/mol. The lowest BCUT2D eigenvalue weighted by Crippen LogP contribution is -2.03. The number of benzene rings is 1. The van der Waals surface area contributed by atoms with Gasteiger partial charge in [0.1, 0.15) is 12.0 Å². The van der Waals surface area contributed by atoms with E-state index in [4.69, 9.17) is 4.74 Å².